The third kappa shape index (κ3) is 2.85. The van der Waals surface area contributed by atoms with E-state index in [0.717, 1.165) is 11.2 Å². The molecule has 23 heavy (non-hydrogen) atoms. The molecular formula is C18H17NO4. The highest BCUT2D eigenvalue weighted by molar-refractivity contribution is 6.03. The van der Waals surface area contributed by atoms with Crippen molar-refractivity contribution in [3.8, 4) is 11.5 Å². The molecule has 0 atom stereocenters. The average Bonchev–Trinajstić information content (AvgIpc) is 2.90. The number of phenolic OH excluding ortho intramolecular Hbond substituents is 1. The summed E-state index contributed by atoms with van der Waals surface area (Å²) in [5, 5.41) is 19.5. The van der Waals surface area contributed by atoms with Gasteiger partial charge in [-0.15, -0.1) is 0 Å². The van der Waals surface area contributed by atoms with Crippen molar-refractivity contribution in [3.05, 3.63) is 59.8 Å². The van der Waals surface area contributed by atoms with Gasteiger partial charge in [0.15, 0.2) is 0 Å². The first-order chi connectivity index (χ1) is 11.1. The number of hydrogen-bond acceptors (Lipinski definition) is 3. The van der Waals surface area contributed by atoms with Crippen LogP contribution in [-0.2, 0) is 13.2 Å². The number of aromatic nitrogens is 1. The molecular weight excluding hydrogens is 294 g/mol. The lowest BCUT2D eigenvalue weighted by Gasteiger charge is -2.10. The Kier molecular flexibility index (Phi) is 3.93. The third-order valence-electron chi connectivity index (χ3n) is 3.78. The van der Waals surface area contributed by atoms with Gasteiger partial charge in [-0.2, -0.15) is 0 Å². The van der Waals surface area contributed by atoms with Gasteiger partial charge in [-0.1, -0.05) is 12.1 Å². The van der Waals surface area contributed by atoms with Crippen molar-refractivity contribution in [1.82, 2.24) is 4.57 Å². The van der Waals surface area contributed by atoms with Gasteiger partial charge in [0.25, 0.3) is 0 Å². The number of carboxylic acids is 1. The van der Waals surface area contributed by atoms with Gasteiger partial charge in [0.2, 0.25) is 0 Å². The predicted octanol–water partition coefficient (Wildman–Crippen LogP) is 3.64. The van der Waals surface area contributed by atoms with E-state index in [9.17, 15) is 15.0 Å². The van der Waals surface area contributed by atoms with Crippen molar-refractivity contribution < 1.29 is 19.7 Å². The lowest BCUT2D eigenvalue weighted by Crippen LogP contribution is -2.04. The summed E-state index contributed by atoms with van der Waals surface area (Å²) >= 11 is 0. The van der Waals surface area contributed by atoms with Crippen LogP contribution in [0.1, 0.15) is 23.0 Å². The van der Waals surface area contributed by atoms with Crippen molar-refractivity contribution in [2.24, 2.45) is 0 Å². The zero-order valence-electron chi connectivity index (χ0n) is 12.7. The van der Waals surface area contributed by atoms with Crippen molar-refractivity contribution in [1.29, 1.82) is 0 Å². The molecule has 0 spiro atoms. The highest BCUT2D eigenvalue weighted by atomic mass is 16.5. The number of aryl methyl sites for hydroxylation is 1. The second kappa shape index (κ2) is 6.04. The molecule has 3 aromatic rings. The van der Waals surface area contributed by atoms with Crippen molar-refractivity contribution >= 4 is 16.9 Å². The van der Waals surface area contributed by atoms with Crippen molar-refractivity contribution in [3.63, 3.8) is 0 Å². The van der Waals surface area contributed by atoms with E-state index in [1.54, 1.807) is 36.4 Å². The molecule has 118 valence electrons. The van der Waals surface area contributed by atoms with E-state index in [0.29, 0.717) is 24.3 Å². The number of carboxylic acid groups (broad SMARTS) is 1. The van der Waals surface area contributed by atoms with Crippen LogP contribution in [0.15, 0.2) is 48.5 Å². The zero-order chi connectivity index (χ0) is 16.4. The van der Waals surface area contributed by atoms with Gasteiger partial charge in [-0.25, -0.2) is 4.79 Å². The largest absolute Gasteiger partial charge is 0.508 e. The fourth-order valence-corrected chi connectivity index (χ4v) is 2.75. The third-order valence-corrected chi connectivity index (χ3v) is 3.78. The van der Waals surface area contributed by atoms with Crippen LogP contribution in [0.5, 0.6) is 11.5 Å². The molecule has 0 aliphatic rings. The standard InChI is InChI=1S/C18H17NO4/c1-2-19-12(11-23-14-6-3-5-13(20)10-14)9-16-15(18(21)22)7-4-8-17(16)19/h3-10,20H,2,11H2,1H3,(H,21,22). The van der Waals surface area contributed by atoms with Crippen LogP contribution < -0.4 is 4.74 Å². The van der Waals surface area contributed by atoms with E-state index >= 15 is 0 Å². The Bertz CT molecular complexity index is 867. The van der Waals surface area contributed by atoms with Crippen LogP contribution in [0, 0.1) is 0 Å². The predicted molar refractivity (Wildman–Crippen MR) is 87.0 cm³/mol. The van der Waals surface area contributed by atoms with Crippen LogP contribution >= 0.6 is 0 Å². The first-order valence-electron chi connectivity index (χ1n) is 7.36. The number of phenols is 1. The second-order valence-electron chi connectivity index (χ2n) is 5.21. The number of aromatic carboxylic acids is 1. The monoisotopic (exact) mass is 311 g/mol. The Morgan fingerprint density at radius 2 is 1.96 bits per heavy atom. The maximum absolute atomic E-state index is 11.4. The number of aromatic hydroxyl groups is 1. The normalized spacial score (nSPS) is 10.8. The lowest BCUT2D eigenvalue weighted by atomic mass is 10.1. The highest BCUT2D eigenvalue weighted by Gasteiger charge is 2.14. The molecule has 2 N–H and O–H groups in total. The van der Waals surface area contributed by atoms with Gasteiger partial charge >= 0.3 is 5.97 Å². The molecule has 0 unspecified atom stereocenters. The molecule has 0 aliphatic heterocycles. The number of ether oxygens (including phenoxy) is 1. The minimum atomic E-state index is -0.940. The van der Waals surface area contributed by atoms with E-state index in [1.165, 1.54) is 0 Å². The maximum atomic E-state index is 11.4. The molecule has 5 nitrogen and oxygen atoms in total. The molecule has 0 radical (unpaired) electrons. The van der Waals surface area contributed by atoms with Gasteiger partial charge in [0.05, 0.1) is 11.3 Å². The van der Waals surface area contributed by atoms with E-state index in [2.05, 4.69) is 0 Å². The van der Waals surface area contributed by atoms with Crippen LogP contribution in [0.3, 0.4) is 0 Å². The highest BCUT2D eigenvalue weighted by Crippen LogP contribution is 2.25. The SMILES string of the molecule is CCn1c(COc2cccc(O)c2)cc2c(C(=O)O)cccc21. The van der Waals surface area contributed by atoms with E-state index < -0.39 is 5.97 Å². The Labute approximate surface area is 133 Å². The first kappa shape index (κ1) is 15.0. The fraction of sp³-hybridized carbons (Fsp3) is 0.167. The Morgan fingerprint density at radius 1 is 1.17 bits per heavy atom. The molecule has 1 heterocycles. The van der Waals surface area contributed by atoms with E-state index in [4.69, 9.17) is 4.74 Å². The van der Waals surface area contributed by atoms with Gasteiger partial charge in [-0.3, -0.25) is 0 Å². The number of hydrogen-bond donors (Lipinski definition) is 2. The zero-order valence-corrected chi connectivity index (χ0v) is 12.7. The fourth-order valence-electron chi connectivity index (χ4n) is 2.75. The molecule has 0 saturated heterocycles. The quantitative estimate of drug-likeness (QED) is 0.754. The van der Waals surface area contributed by atoms with Gasteiger partial charge < -0.3 is 19.5 Å². The molecule has 0 amide bonds. The summed E-state index contributed by atoms with van der Waals surface area (Å²) in [6.07, 6.45) is 0. The van der Waals surface area contributed by atoms with Crippen molar-refractivity contribution in [2.75, 3.05) is 0 Å². The topological polar surface area (TPSA) is 71.7 Å². The minimum absolute atomic E-state index is 0.145. The molecule has 2 aromatic carbocycles. The smallest absolute Gasteiger partial charge is 0.336 e. The van der Waals surface area contributed by atoms with Gasteiger partial charge in [0.1, 0.15) is 18.1 Å². The molecule has 3 rings (SSSR count). The lowest BCUT2D eigenvalue weighted by molar-refractivity contribution is 0.0699. The van der Waals surface area contributed by atoms with Gasteiger partial charge in [-0.05, 0) is 37.3 Å². The Balaban J connectivity index is 1.97. The number of benzene rings is 2. The number of fused-ring (bicyclic) bond motifs is 1. The summed E-state index contributed by atoms with van der Waals surface area (Å²) in [4.78, 5) is 11.4. The average molecular weight is 311 g/mol. The minimum Gasteiger partial charge on any atom is -0.508 e. The molecule has 1 aromatic heterocycles. The van der Waals surface area contributed by atoms with E-state index in [-0.39, 0.29) is 11.3 Å². The van der Waals surface area contributed by atoms with Crippen LogP contribution in [0.4, 0.5) is 0 Å². The van der Waals surface area contributed by atoms with E-state index in [1.807, 2.05) is 23.6 Å². The summed E-state index contributed by atoms with van der Waals surface area (Å²) in [7, 11) is 0. The summed E-state index contributed by atoms with van der Waals surface area (Å²) in [6, 6.07) is 13.7. The van der Waals surface area contributed by atoms with Crippen LogP contribution in [-0.4, -0.2) is 20.7 Å². The van der Waals surface area contributed by atoms with Crippen molar-refractivity contribution in [2.45, 2.75) is 20.1 Å². The summed E-state index contributed by atoms with van der Waals surface area (Å²) in [6.45, 7) is 3.01. The Morgan fingerprint density at radius 3 is 2.65 bits per heavy atom. The molecule has 0 bridgehead atoms. The number of carbonyl (C=O) groups is 1. The molecule has 0 aliphatic carbocycles. The summed E-state index contributed by atoms with van der Waals surface area (Å²) in [5.41, 5.74) is 2.05. The number of nitrogens with zero attached hydrogens (tertiary/aromatic N) is 1. The Hall–Kier alpha value is -2.95. The number of rotatable bonds is 5. The summed E-state index contributed by atoms with van der Waals surface area (Å²) < 4.78 is 7.75. The van der Waals surface area contributed by atoms with Crippen LogP contribution in [0.2, 0.25) is 0 Å². The maximum Gasteiger partial charge on any atom is 0.336 e. The van der Waals surface area contributed by atoms with Gasteiger partial charge in [0, 0.05) is 23.5 Å². The molecule has 0 saturated carbocycles. The summed E-state index contributed by atoms with van der Waals surface area (Å²) in [5.74, 6) is -0.229. The second-order valence-corrected chi connectivity index (χ2v) is 5.21. The first-order valence-corrected chi connectivity index (χ1v) is 7.36. The molecule has 5 heteroatoms. The van der Waals surface area contributed by atoms with Crippen LogP contribution in [0.25, 0.3) is 10.9 Å². The molecule has 0 fully saturated rings.